The van der Waals surface area contributed by atoms with Gasteiger partial charge in [0, 0.05) is 16.3 Å². The van der Waals surface area contributed by atoms with Crippen LogP contribution in [0.2, 0.25) is 0 Å². The van der Waals surface area contributed by atoms with Crippen LogP contribution in [0.4, 0.5) is 5.69 Å². The Kier molecular flexibility index (Phi) is 3.52. The van der Waals surface area contributed by atoms with Crippen LogP contribution in [-0.2, 0) is 0 Å². The Bertz CT molecular complexity index is 350. The minimum Gasteiger partial charge on any atom is -0.489 e. The third-order valence-corrected chi connectivity index (χ3v) is 2.39. The van der Waals surface area contributed by atoms with Gasteiger partial charge in [-0.25, -0.2) is 0 Å². The fourth-order valence-electron chi connectivity index (χ4n) is 1.09. The SMILES string of the molecule is CC(C)Oc1ccc(Br)c(C=N)c1N. The molecule has 0 spiro atoms. The van der Waals surface area contributed by atoms with Gasteiger partial charge in [-0.3, -0.25) is 0 Å². The molecule has 1 aromatic carbocycles. The lowest BCUT2D eigenvalue weighted by Gasteiger charge is -2.14. The molecule has 0 atom stereocenters. The summed E-state index contributed by atoms with van der Waals surface area (Å²) in [6.07, 6.45) is 1.30. The van der Waals surface area contributed by atoms with Crippen LogP contribution in [0.3, 0.4) is 0 Å². The largest absolute Gasteiger partial charge is 0.489 e. The number of nitrogen functional groups attached to an aromatic ring is 1. The molecule has 0 aliphatic rings. The van der Waals surface area contributed by atoms with Gasteiger partial charge in [0.1, 0.15) is 5.75 Å². The molecule has 0 heterocycles. The second-order valence-corrected chi connectivity index (χ2v) is 4.04. The molecule has 0 aliphatic carbocycles. The summed E-state index contributed by atoms with van der Waals surface area (Å²) in [6.45, 7) is 3.87. The summed E-state index contributed by atoms with van der Waals surface area (Å²) in [6, 6.07) is 3.63. The normalized spacial score (nSPS) is 10.3. The van der Waals surface area contributed by atoms with Crippen LogP contribution in [0.5, 0.6) is 5.75 Å². The molecule has 0 unspecified atom stereocenters. The number of ether oxygens (including phenoxy) is 1. The summed E-state index contributed by atoms with van der Waals surface area (Å²) in [5, 5.41) is 7.21. The molecule has 0 aromatic heterocycles. The summed E-state index contributed by atoms with van der Waals surface area (Å²) < 4.78 is 6.30. The van der Waals surface area contributed by atoms with E-state index < -0.39 is 0 Å². The van der Waals surface area contributed by atoms with Crippen LogP contribution >= 0.6 is 15.9 Å². The number of anilines is 1. The second kappa shape index (κ2) is 4.46. The van der Waals surface area contributed by atoms with E-state index in [2.05, 4.69) is 15.9 Å². The first-order valence-corrected chi connectivity index (χ1v) is 5.10. The Morgan fingerprint density at radius 2 is 2.14 bits per heavy atom. The van der Waals surface area contributed by atoms with E-state index in [9.17, 15) is 0 Å². The Morgan fingerprint density at radius 1 is 1.50 bits per heavy atom. The average Bonchev–Trinajstić information content (AvgIpc) is 2.10. The van der Waals surface area contributed by atoms with E-state index in [0.29, 0.717) is 17.0 Å². The smallest absolute Gasteiger partial charge is 0.143 e. The highest BCUT2D eigenvalue weighted by Crippen LogP contribution is 2.30. The van der Waals surface area contributed by atoms with Crippen molar-refractivity contribution in [1.29, 1.82) is 5.41 Å². The monoisotopic (exact) mass is 256 g/mol. The maximum absolute atomic E-state index is 7.21. The Hall–Kier alpha value is -1.03. The van der Waals surface area contributed by atoms with Crippen LogP contribution in [0.1, 0.15) is 19.4 Å². The van der Waals surface area contributed by atoms with Crippen molar-refractivity contribution in [2.45, 2.75) is 20.0 Å². The van der Waals surface area contributed by atoms with E-state index in [0.717, 1.165) is 4.47 Å². The Morgan fingerprint density at radius 3 is 2.64 bits per heavy atom. The fraction of sp³-hybridized carbons (Fsp3) is 0.300. The zero-order valence-electron chi connectivity index (χ0n) is 8.17. The summed E-state index contributed by atoms with van der Waals surface area (Å²) in [5.74, 6) is 0.627. The number of benzene rings is 1. The molecule has 3 nitrogen and oxygen atoms in total. The van der Waals surface area contributed by atoms with Gasteiger partial charge in [0.15, 0.2) is 0 Å². The summed E-state index contributed by atoms with van der Waals surface area (Å²) in [5.41, 5.74) is 7.00. The molecule has 76 valence electrons. The Balaban J connectivity index is 3.14. The third kappa shape index (κ3) is 2.26. The van der Waals surface area contributed by atoms with E-state index in [1.165, 1.54) is 6.21 Å². The highest BCUT2D eigenvalue weighted by molar-refractivity contribution is 9.10. The van der Waals surface area contributed by atoms with Gasteiger partial charge < -0.3 is 15.9 Å². The van der Waals surface area contributed by atoms with E-state index in [1.807, 2.05) is 19.9 Å². The maximum Gasteiger partial charge on any atom is 0.143 e. The molecular weight excluding hydrogens is 244 g/mol. The van der Waals surface area contributed by atoms with Gasteiger partial charge in [-0.05, 0) is 26.0 Å². The molecule has 14 heavy (non-hydrogen) atoms. The molecule has 3 N–H and O–H groups in total. The molecule has 4 heteroatoms. The third-order valence-electron chi connectivity index (χ3n) is 1.70. The molecule has 0 fully saturated rings. The quantitative estimate of drug-likeness (QED) is 0.646. The van der Waals surface area contributed by atoms with Crippen molar-refractivity contribution in [2.24, 2.45) is 0 Å². The van der Waals surface area contributed by atoms with Crippen molar-refractivity contribution in [2.75, 3.05) is 5.73 Å². The van der Waals surface area contributed by atoms with Crippen molar-refractivity contribution in [3.63, 3.8) is 0 Å². The van der Waals surface area contributed by atoms with Gasteiger partial charge in [-0.2, -0.15) is 0 Å². The zero-order chi connectivity index (χ0) is 10.7. The topological polar surface area (TPSA) is 59.1 Å². The first-order chi connectivity index (χ1) is 6.56. The Labute approximate surface area is 91.9 Å². The van der Waals surface area contributed by atoms with E-state index in [-0.39, 0.29) is 6.10 Å². The average molecular weight is 257 g/mol. The van der Waals surface area contributed by atoms with Gasteiger partial charge >= 0.3 is 0 Å². The molecule has 0 amide bonds. The molecule has 1 aromatic rings. The van der Waals surface area contributed by atoms with Crippen molar-refractivity contribution in [3.8, 4) is 5.75 Å². The minimum absolute atomic E-state index is 0.0806. The van der Waals surface area contributed by atoms with Gasteiger partial charge in [0.05, 0.1) is 11.8 Å². The number of halogens is 1. The first-order valence-electron chi connectivity index (χ1n) is 4.31. The lowest BCUT2D eigenvalue weighted by atomic mass is 10.2. The highest BCUT2D eigenvalue weighted by atomic mass is 79.9. The number of hydrogen-bond acceptors (Lipinski definition) is 3. The van der Waals surface area contributed by atoms with Crippen LogP contribution in [0, 0.1) is 5.41 Å². The van der Waals surface area contributed by atoms with Gasteiger partial charge in [-0.15, -0.1) is 0 Å². The number of nitrogens with two attached hydrogens (primary N) is 1. The number of rotatable bonds is 3. The summed E-state index contributed by atoms with van der Waals surface area (Å²) in [4.78, 5) is 0. The maximum atomic E-state index is 7.21. The predicted molar refractivity (Wildman–Crippen MR) is 62.2 cm³/mol. The zero-order valence-corrected chi connectivity index (χ0v) is 9.76. The van der Waals surface area contributed by atoms with Crippen LogP contribution in [0.15, 0.2) is 16.6 Å². The lowest BCUT2D eigenvalue weighted by Crippen LogP contribution is -2.08. The summed E-state index contributed by atoms with van der Waals surface area (Å²) in [7, 11) is 0. The molecule has 0 saturated heterocycles. The van der Waals surface area contributed by atoms with Crippen molar-refractivity contribution in [1.82, 2.24) is 0 Å². The number of nitrogens with one attached hydrogen (secondary N) is 1. The standard InChI is InChI=1S/C10H13BrN2O/c1-6(2)14-9-4-3-8(11)7(5-12)10(9)13/h3-6,12H,13H2,1-2H3. The van der Waals surface area contributed by atoms with Gasteiger partial charge in [0.25, 0.3) is 0 Å². The summed E-state index contributed by atoms with van der Waals surface area (Å²) >= 11 is 3.32. The molecular formula is C10H13BrN2O. The molecule has 0 saturated carbocycles. The van der Waals surface area contributed by atoms with Crippen LogP contribution < -0.4 is 10.5 Å². The minimum atomic E-state index is 0.0806. The van der Waals surface area contributed by atoms with Crippen LogP contribution in [-0.4, -0.2) is 12.3 Å². The van der Waals surface area contributed by atoms with E-state index in [1.54, 1.807) is 6.07 Å². The van der Waals surface area contributed by atoms with Gasteiger partial charge in [-0.1, -0.05) is 15.9 Å². The van der Waals surface area contributed by atoms with Crippen molar-refractivity contribution in [3.05, 3.63) is 22.2 Å². The predicted octanol–water partition coefficient (Wildman–Crippen LogP) is 2.82. The van der Waals surface area contributed by atoms with E-state index >= 15 is 0 Å². The molecule has 0 bridgehead atoms. The lowest BCUT2D eigenvalue weighted by molar-refractivity contribution is 0.244. The fourth-order valence-corrected chi connectivity index (χ4v) is 1.55. The second-order valence-electron chi connectivity index (χ2n) is 3.18. The molecule has 0 radical (unpaired) electrons. The van der Waals surface area contributed by atoms with E-state index in [4.69, 9.17) is 15.9 Å². The van der Waals surface area contributed by atoms with Crippen molar-refractivity contribution >= 4 is 27.8 Å². The number of hydrogen-bond donors (Lipinski definition) is 2. The van der Waals surface area contributed by atoms with Gasteiger partial charge in [0.2, 0.25) is 0 Å². The van der Waals surface area contributed by atoms with Crippen LogP contribution in [0.25, 0.3) is 0 Å². The molecule has 0 aliphatic heterocycles. The highest BCUT2D eigenvalue weighted by Gasteiger charge is 2.09. The molecule has 1 rings (SSSR count). The first kappa shape index (κ1) is 11.0. The van der Waals surface area contributed by atoms with Crippen molar-refractivity contribution < 1.29 is 4.74 Å².